The first kappa shape index (κ1) is 19.1. The standard InChI is InChI=1S/C24H16O6/c25-22(29-19-10-2-1-3-11-19)18-9-6-7-16(13-18)15-28-23(26)20-14-17-8-4-5-12-21(17)30-24(20)27/h1-14H,15H2. The van der Waals surface area contributed by atoms with Gasteiger partial charge in [-0.2, -0.15) is 0 Å². The lowest BCUT2D eigenvalue weighted by atomic mass is 10.1. The molecule has 0 saturated carbocycles. The fourth-order valence-corrected chi connectivity index (χ4v) is 2.87. The topological polar surface area (TPSA) is 82.8 Å². The highest BCUT2D eigenvalue weighted by Gasteiger charge is 2.16. The summed E-state index contributed by atoms with van der Waals surface area (Å²) in [6, 6.07) is 23.6. The summed E-state index contributed by atoms with van der Waals surface area (Å²) in [6.45, 7) is -0.114. The number of hydrogen-bond donors (Lipinski definition) is 0. The minimum absolute atomic E-state index is 0.114. The van der Waals surface area contributed by atoms with Crippen LogP contribution in [0.25, 0.3) is 11.0 Å². The molecule has 1 heterocycles. The Morgan fingerprint density at radius 3 is 2.40 bits per heavy atom. The summed E-state index contributed by atoms with van der Waals surface area (Å²) in [6.07, 6.45) is 0. The molecule has 0 unspecified atom stereocenters. The fraction of sp³-hybridized carbons (Fsp3) is 0.0417. The summed E-state index contributed by atoms with van der Waals surface area (Å²) in [5.41, 5.74) is 0.338. The number of rotatable bonds is 5. The van der Waals surface area contributed by atoms with E-state index in [-0.39, 0.29) is 12.2 Å². The number of esters is 2. The van der Waals surface area contributed by atoms with Crippen molar-refractivity contribution in [3.05, 3.63) is 112 Å². The SMILES string of the molecule is O=C(Oc1ccccc1)c1cccc(COC(=O)c2cc3ccccc3oc2=O)c1. The molecule has 4 aromatic rings. The largest absolute Gasteiger partial charge is 0.457 e. The Morgan fingerprint density at radius 1 is 0.800 bits per heavy atom. The van der Waals surface area contributed by atoms with E-state index >= 15 is 0 Å². The third-order valence-corrected chi connectivity index (χ3v) is 4.35. The predicted octanol–water partition coefficient (Wildman–Crippen LogP) is 4.37. The molecule has 4 rings (SSSR count). The van der Waals surface area contributed by atoms with Crippen LogP contribution in [0.2, 0.25) is 0 Å². The zero-order valence-electron chi connectivity index (χ0n) is 15.7. The Labute approximate surface area is 171 Å². The fourth-order valence-electron chi connectivity index (χ4n) is 2.87. The smallest absolute Gasteiger partial charge is 0.351 e. The Hall–Kier alpha value is -4.19. The molecule has 30 heavy (non-hydrogen) atoms. The molecule has 3 aromatic carbocycles. The van der Waals surface area contributed by atoms with Crippen LogP contribution in [0, 0.1) is 0 Å². The summed E-state index contributed by atoms with van der Waals surface area (Å²) in [7, 11) is 0. The van der Waals surface area contributed by atoms with Crippen molar-refractivity contribution in [2.45, 2.75) is 6.61 Å². The second kappa shape index (κ2) is 8.45. The van der Waals surface area contributed by atoms with E-state index in [1.54, 1.807) is 72.8 Å². The molecular formula is C24H16O6. The van der Waals surface area contributed by atoms with Crippen molar-refractivity contribution in [2.75, 3.05) is 0 Å². The molecule has 0 amide bonds. The molecule has 0 N–H and O–H groups in total. The summed E-state index contributed by atoms with van der Waals surface area (Å²) >= 11 is 0. The molecule has 0 bridgehead atoms. The number of hydrogen-bond acceptors (Lipinski definition) is 6. The van der Waals surface area contributed by atoms with Crippen molar-refractivity contribution in [2.24, 2.45) is 0 Å². The quantitative estimate of drug-likeness (QED) is 0.281. The van der Waals surface area contributed by atoms with Crippen molar-refractivity contribution in [1.82, 2.24) is 0 Å². The van der Waals surface area contributed by atoms with Gasteiger partial charge in [0.25, 0.3) is 0 Å². The van der Waals surface area contributed by atoms with Gasteiger partial charge in [-0.05, 0) is 42.0 Å². The van der Waals surface area contributed by atoms with Crippen molar-refractivity contribution in [1.29, 1.82) is 0 Å². The normalized spacial score (nSPS) is 10.5. The highest BCUT2D eigenvalue weighted by atomic mass is 16.5. The average Bonchev–Trinajstić information content (AvgIpc) is 2.78. The van der Waals surface area contributed by atoms with Crippen LogP contribution in [-0.2, 0) is 11.3 Å². The van der Waals surface area contributed by atoms with Crippen molar-refractivity contribution < 1.29 is 23.5 Å². The van der Waals surface area contributed by atoms with E-state index in [1.165, 1.54) is 6.07 Å². The van der Waals surface area contributed by atoms with Crippen LogP contribution in [0.5, 0.6) is 5.75 Å². The third-order valence-electron chi connectivity index (χ3n) is 4.35. The van der Waals surface area contributed by atoms with Gasteiger partial charge in [0.2, 0.25) is 0 Å². The van der Waals surface area contributed by atoms with Gasteiger partial charge in [0.1, 0.15) is 23.5 Å². The van der Waals surface area contributed by atoms with Crippen LogP contribution >= 0.6 is 0 Å². The van der Waals surface area contributed by atoms with Crippen LogP contribution < -0.4 is 10.4 Å². The predicted molar refractivity (Wildman–Crippen MR) is 109 cm³/mol. The van der Waals surface area contributed by atoms with Crippen molar-refractivity contribution in [3.8, 4) is 5.75 Å². The first-order valence-electron chi connectivity index (χ1n) is 9.16. The number of carbonyl (C=O) groups excluding carboxylic acids is 2. The Kier molecular flexibility index (Phi) is 5.39. The molecule has 0 radical (unpaired) electrons. The van der Waals surface area contributed by atoms with Gasteiger partial charge in [-0.25, -0.2) is 14.4 Å². The van der Waals surface area contributed by atoms with Crippen LogP contribution in [0.3, 0.4) is 0 Å². The molecule has 1 aromatic heterocycles. The molecule has 0 saturated heterocycles. The number of ether oxygens (including phenoxy) is 2. The number of fused-ring (bicyclic) bond motifs is 1. The first-order valence-corrected chi connectivity index (χ1v) is 9.16. The summed E-state index contributed by atoms with van der Waals surface area (Å²) < 4.78 is 15.7. The number of carbonyl (C=O) groups is 2. The van der Waals surface area contributed by atoms with E-state index in [9.17, 15) is 14.4 Å². The van der Waals surface area contributed by atoms with E-state index in [2.05, 4.69) is 0 Å². The van der Waals surface area contributed by atoms with Gasteiger partial charge in [0, 0.05) is 5.39 Å². The zero-order valence-corrected chi connectivity index (χ0v) is 15.7. The van der Waals surface area contributed by atoms with E-state index in [1.807, 2.05) is 6.07 Å². The molecule has 0 spiro atoms. The molecule has 6 heteroatoms. The van der Waals surface area contributed by atoms with E-state index in [4.69, 9.17) is 13.9 Å². The van der Waals surface area contributed by atoms with Crippen LogP contribution in [0.15, 0.2) is 94.1 Å². The average molecular weight is 400 g/mol. The molecule has 6 nitrogen and oxygen atoms in total. The first-order chi connectivity index (χ1) is 14.6. The van der Waals surface area contributed by atoms with Crippen LogP contribution in [0.1, 0.15) is 26.3 Å². The molecule has 0 fully saturated rings. The molecule has 0 aliphatic carbocycles. The lowest BCUT2D eigenvalue weighted by molar-refractivity contribution is 0.0468. The Bertz CT molecular complexity index is 1270. The number of para-hydroxylation sites is 2. The van der Waals surface area contributed by atoms with Gasteiger partial charge in [-0.3, -0.25) is 0 Å². The Balaban J connectivity index is 1.46. The van der Waals surface area contributed by atoms with Gasteiger partial charge < -0.3 is 13.9 Å². The maximum absolute atomic E-state index is 12.4. The maximum Gasteiger partial charge on any atom is 0.351 e. The minimum Gasteiger partial charge on any atom is -0.457 e. The summed E-state index contributed by atoms with van der Waals surface area (Å²) in [5, 5.41) is 0.620. The second-order valence-corrected chi connectivity index (χ2v) is 6.46. The highest BCUT2D eigenvalue weighted by molar-refractivity contribution is 5.93. The van der Waals surface area contributed by atoms with Gasteiger partial charge in [-0.15, -0.1) is 0 Å². The summed E-state index contributed by atoms with van der Waals surface area (Å²) in [4.78, 5) is 36.8. The number of benzene rings is 3. The van der Waals surface area contributed by atoms with Crippen LogP contribution in [0.4, 0.5) is 0 Å². The maximum atomic E-state index is 12.4. The van der Waals surface area contributed by atoms with E-state index in [0.29, 0.717) is 27.8 Å². The second-order valence-electron chi connectivity index (χ2n) is 6.46. The van der Waals surface area contributed by atoms with Crippen molar-refractivity contribution in [3.63, 3.8) is 0 Å². The molecule has 0 aliphatic heterocycles. The minimum atomic E-state index is -0.799. The lowest BCUT2D eigenvalue weighted by Crippen LogP contribution is -2.16. The monoisotopic (exact) mass is 400 g/mol. The molecular weight excluding hydrogens is 384 g/mol. The Morgan fingerprint density at radius 2 is 1.57 bits per heavy atom. The van der Waals surface area contributed by atoms with Crippen LogP contribution in [-0.4, -0.2) is 11.9 Å². The zero-order chi connectivity index (χ0) is 20.9. The van der Waals surface area contributed by atoms with E-state index in [0.717, 1.165) is 0 Å². The van der Waals surface area contributed by atoms with Gasteiger partial charge in [-0.1, -0.05) is 48.5 Å². The van der Waals surface area contributed by atoms with Gasteiger partial charge in [0.05, 0.1) is 5.56 Å². The molecule has 148 valence electrons. The molecule has 0 atom stereocenters. The highest BCUT2D eigenvalue weighted by Crippen LogP contribution is 2.15. The lowest BCUT2D eigenvalue weighted by Gasteiger charge is -2.07. The third kappa shape index (κ3) is 4.28. The van der Waals surface area contributed by atoms with Crippen molar-refractivity contribution >= 4 is 22.9 Å². The van der Waals surface area contributed by atoms with Gasteiger partial charge >= 0.3 is 17.6 Å². The summed E-state index contributed by atoms with van der Waals surface area (Å²) in [5.74, 6) is -0.890. The molecule has 0 aliphatic rings. The van der Waals surface area contributed by atoms with Gasteiger partial charge in [0.15, 0.2) is 0 Å². The van der Waals surface area contributed by atoms with E-state index < -0.39 is 17.6 Å².